The van der Waals surface area contributed by atoms with E-state index in [1.54, 1.807) is 0 Å². The Balaban J connectivity index is 2.32. The number of imidazole rings is 1. The highest BCUT2D eigenvalue weighted by Gasteiger charge is 2.10. The molecule has 0 saturated heterocycles. The number of aryl methyl sites for hydroxylation is 2. The van der Waals surface area contributed by atoms with Gasteiger partial charge in [0.05, 0.1) is 17.6 Å². The van der Waals surface area contributed by atoms with Crippen LogP contribution in [0.25, 0.3) is 11.0 Å². The van der Waals surface area contributed by atoms with Crippen LogP contribution >= 0.6 is 0 Å². The molecule has 2 rings (SSSR count). The third-order valence-corrected chi connectivity index (χ3v) is 3.30. The van der Waals surface area contributed by atoms with Crippen LogP contribution in [0, 0.1) is 0 Å². The Morgan fingerprint density at radius 1 is 1.37 bits per heavy atom. The molecular formula is C15H21N3O. The second kappa shape index (κ2) is 5.97. The van der Waals surface area contributed by atoms with Gasteiger partial charge in [0.1, 0.15) is 5.82 Å². The van der Waals surface area contributed by atoms with Gasteiger partial charge >= 0.3 is 0 Å². The van der Waals surface area contributed by atoms with Gasteiger partial charge in [0, 0.05) is 19.0 Å². The average molecular weight is 259 g/mol. The fraction of sp³-hybridized carbons (Fsp3) is 0.467. The first kappa shape index (κ1) is 13.7. The summed E-state index contributed by atoms with van der Waals surface area (Å²) in [5, 5.41) is 3.06. The number of carbonyl (C=O) groups excluding carboxylic acids is 1. The second-order valence-electron chi connectivity index (χ2n) is 4.74. The predicted octanol–water partition coefficient (Wildman–Crippen LogP) is 2.32. The van der Waals surface area contributed by atoms with Gasteiger partial charge in [-0.1, -0.05) is 13.8 Å². The zero-order chi connectivity index (χ0) is 13.8. The Morgan fingerprint density at radius 3 is 2.84 bits per heavy atom. The Bertz CT molecular complexity index is 586. The minimum atomic E-state index is 0.117. The minimum absolute atomic E-state index is 0.117. The average Bonchev–Trinajstić information content (AvgIpc) is 2.73. The van der Waals surface area contributed by atoms with Crippen molar-refractivity contribution in [1.82, 2.24) is 14.9 Å². The lowest BCUT2D eigenvalue weighted by molar-refractivity contribution is 0.0992. The van der Waals surface area contributed by atoms with Crippen molar-refractivity contribution in [2.75, 3.05) is 13.1 Å². The number of likely N-dealkylation sites (N-methyl/N-ethyl adjacent to an activating group) is 1. The predicted molar refractivity (Wildman–Crippen MR) is 77.6 cm³/mol. The topological polar surface area (TPSA) is 46.9 Å². The molecular weight excluding hydrogens is 238 g/mol. The fourth-order valence-corrected chi connectivity index (χ4v) is 2.21. The minimum Gasteiger partial charge on any atom is -0.331 e. The number of hydrogen-bond acceptors (Lipinski definition) is 3. The van der Waals surface area contributed by atoms with Crippen molar-refractivity contribution >= 4 is 16.8 Å². The van der Waals surface area contributed by atoms with Crippen LogP contribution < -0.4 is 5.32 Å². The normalized spacial score (nSPS) is 11.1. The third-order valence-electron chi connectivity index (χ3n) is 3.30. The largest absolute Gasteiger partial charge is 0.331 e. The van der Waals surface area contributed by atoms with E-state index in [1.165, 1.54) is 0 Å². The number of carbonyl (C=O) groups is 1. The monoisotopic (exact) mass is 259 g/mol. The summed E-state index contributed by atoms with van der Waals surface area (Å²) in [5.74, 6) is 1.19. The Morgan fingerprint density at radius 2 is 2.16 bits per heavy atom. The first-order chi connectivity index (χ1) is 9.17. The summed E-state index contributed by atoms with van der Waals surface area (Å²) in [4.78, 5) is 16.6. The van der Waals surface area contributed by atoms with E-state index in [-0.39, 0.29) is 5.78 Å². The van der Waals surface area contributed by atoms with Crippen LogP contribution in [0.4, 0.5) is 0 Å². The molecule has 1 heterocycles. The molecule has 0 bridgehead atoms. The molecule has 0 saturated carbocycles. The number of benzene rings is 1. The van der Waals surface area contributed by atoms with Crippen molar-refractivity contribution in [2.45, 2.75) is 26.7 Å². The van der Waals surface area contributed by atoms with Crippen molar-refractivity contribution in [3.63, 3.8) is 0 Å². The zero-order valence-electron chi connectivity index (χ0n) is 11.9. The summed E-state index contributed by atoms with van der Waals surface area (Å²) < 4.78 is 2.11. The molecule has 0 radical (unpaired) electrons. The van der Waals surface area contributed by atoms with Crippen LogP contribution in [-0.2, 0) is 13.5 Å². The third kappa shape index (κ3) is 2.84. The molecule has 0 aliphatic rings. The van der Waals surface area contributed by atoms with Gasteiger partial charge in [0.2, 0.25) is 0 Å². The molecule has 0 fully saturated rings. The number of hydrogen-bond donors (Lipinski definition) is 1. The SMILES string of the molecule is CCCc1nc2cc(C(=O)CNCC)ccc2n1C. The summed E-state index contributed by atoms with van der Waals surface area (Å²) in [6.07, 6.45) is 2.04. The second-order valence-corrected chi connectivity index (χ2v) is 4.74. The molecule has 4 nitrogen and oxygen atoms in total. The maximum absolute atomic E-state index is 12.0. The van der Waals surface area contributed by atoms with Crippen LogP contribution in [0.1, 0.15) is 36.5 Å². The molecule has 0 spiro atoms. The number of fused-ring (bicyclic) bond motifs is 1. The number of nitrogens with one attached hydrogen (secondary N) is 1. The van der Waals surface area contributed by atoms with E-state index in [9.17, 15) is 4.79 Å². The first-order valence-corrected chi connectivity index (χ1v) is 6.86. The number of ketones is 1. The maximum Gasteiger partial charge on any atom is 0.176 e. The highest BCUT2D eigenvalue weighted by Crippen LogP contribution is 2.18. The first-order valence-electron chi connectivity index (χ1n) is 6.86. The molecule has 19 heavy (non-hydrogen) atoms. The Hall–Kier alpha value is -1.68. The van der Waals surface area contributed by atoms with E-state index < -0.39 is 0 Å². The van der Waals surface area contributed by atoms with Crippen LogP contribution in [0.15, 0.2) is 18.2 Å². The highest BCUT2D eigenvalue weighted by atomic mass is 16.1. The van der Waals surface area contributed by atoms with Gasteiger partial charge in [0.25, 0.3) is 0 Å². The summed E-state index contributed by atoms with van der Waals surface area (Å²) in [6.45, 7) is 5.33. The molecule has 0 amide bonds. The molecule has 0 aliphatic heterocycles. The molecule has 102 valence electrons. The molecule has 1 N–H and O–H groups in total. The van der Waals surface area contributed by atoms with Crippen LogP contribution in [0.3, 0.4) is 0 Å². The van der Waals surface area contributed by atoms with Gasteiger partial charge < -0.3 is 9.88 Å². The smallest absolute Gasteiger partial charge is 0.176 e. The van der Waals surface area contributed by atoms with Crippen molar-refractivity contribution < 1.29 is 4.79 Å². The highest BCUT2D eigenvalue weighted by molar-refractivity contribution is 6.00. The molecule has 1 aromatic heterocycles. The van der Waals surface area contributed by atoms with Crippen LogP contribution in [-0.4, -0.2) is 28.4 Å². The quantitative estimate of drug-likeness (QED) is 0.810. The lowest BCUT2D eigenvalue weighted by Gasteiger charge is -2.02. The molecule has 0 atom stereocenters. The number of nitrogens with zero attached hydrogens (tertiary/aromatic N) is 2. The Labute approximate surface area is 113 Å². The van der Waals surface area contributed by atoms with E-state index in [4.69, 9.17) is 0 Å². The number of aromatic nitrogens is 2. The number of Topliss-reactive ketones (excluding diaryl/α,β-unsaturated/α-hetero) is 1. The van der Waals surface area contributed by atoms with E-state index in [1.807, 2.05) is 32.2 Å². The lowest BCUT2D eigenvalue weighted by atomic mass is 10.1. The van der Waals surface area contributed by atoms with E-state index >= 15 is 0 Å². The molecule has 0 unspecified atom stereocenters. The van der Waals surface area contributed by atoms with Crippen LogP contribution in [0.5, 0.6) is 0 Å². The Kier molecular flexibility index (Phi) is 4.32. The summed E-state index contributed by atoms with van der Waals surface area (Å²) in [6, 6.07) is 5.77. The zero-order valence-corrected chi connectivity index (χ0v) is 11.9. The van der Waals surface area contributed by atoms with E-state index in [0.29, 0.717) is 6.54 Å². The van der Waals surface area contributed by atoms with Gasteiger partial charge in [-0.15, -0.1) is 0 Å². The van der Waals surface area contributed by atoms with Crippen LogP contribution in [0.2, 0.25) is 0 Å². The van der Waals surface area contributed by atoms with Crippen molar-refractivity contribution in [2.24, 2.45) is 7.05 Å². The summed E-state index contributed by atoms with van der Waals surface area (Å²) >= 11 is 0. The van der Waals surface area contributed by atoms with Crippen molar-refractivity contribution in [3.8, 4) is 0 Å². The van der Waals surface area contributed by atoms with Crippen molar-refractivity contribution in [1.29, 1.82) is 0 Å². The van der Waals surface area contributed by atoms with Gasteiger partial charge in [-0.3, -0.25) is 4.79 Å². The maximum atomic E-state index is 12.0. The standard InChI is InChI=1S/C15H21N3O/c1-4-6-15-17-12-9-11(14(19)10-16-5-2)7-8-13(12)18(15)3/h7-9,16H,4-6,10H2,1-3H3. The van der Waals surface area contributed by atoms with Gasteiger partial charge in [0.15, 0.2) is 5.78 Å². The van der Waals surface area contributed by atoms with Gasteiger partial charge in [-0.05, 0) is 31.2 Å². The molecule has 1 aromatic carbocycles. The molecule has 0 aliphatic carbocycles. The van der Waals surface area contributed by atoms with Gasteiger partial charge in [-0.25, -0.2) is 4.98 Å². The van der Waals surface area contributed by atoms with E-state index in [2.05, 4.69) is 21.8 Å². The lowest BCUT2D eigenvalue weighted by Crippen LogP contribution is -2.22. The van der Waals surface area contributed by atoms with E-state index in [0.717, 1.165) is 41.8 Å². The van der Waals surface area contributed by atoms with Gasteiger partial charge in [-0.2, -0.15) is 0 Å². The number of rotatable bonds is 6. The summed E-state index contributed by atoms with van der Waals surface area (Å²) in [7, 11) is 2.03. The fourth-order valence-electron chi connectivity index (χ4n) is 2.21. The molecule has 2 aromatic rings. The summed E-state index contributed by atoms with van der Waals surface area (Å²) in [5.41, 5.74) is 2.73. The van der Waals surface area contributed by atoms with Crippen molar-refractivity contribution in [3.05, 3.63) is 29.6 Å². The molecule has 4 heteroatoms.